The maximum absolute atomic E-state index is 12.3. The van der Waals surface area contributed by atoms with Crippen molar-refractivity contribution in [1.82, 2.24) is 5.32 Å². The monoisotopic (exact) mass is 379 g/mol. The highest BCUT2D eigenvalue weighted by molar-refractivity contribution is 6.30. The lowest BCUT2D eigenvalue weighted by Crippen LogP contribution is -2.25. The Balaban J connectivity index is 2.11. The summed E-state index contributed by atoms with van der Waals surface area (Å²) in [5, 5.41) is 3.42. The fraction of sp³-hybridized carbons (Fsp3) is 0.316. The van der Waals surface area contributed by atoms with Crippen molar-refractivity contribution < 1.29 is 23.7 Å². The molecule has 1 N–H and O–H groups in total. The standard InChI is InChI=1S/C19H22ClNO5/c1-23-15-6-5-14(20)7-12(15)9-19(22)21-11-13-8-17(25-3)18(26-4)10-16(13)24-2/h5-8,10H,9,11H2,1-4H3,(H,21,22). The summed E-state index contributed by atoms with van der Waals surface area (Å²) < 4.78 is 21.2. The number of carbonyl (C=O) groups is 1. The quantitative estimate of drug-likeness (QED) is 0.762. The summed E-state index contributed by atoms with van der Waals surface area (Å²) in [6.07, 6.45) is 0.152. The van der Waals surface area contributed by atoms with Crippen LogP contribution in [0.1, 0.15) is 11.1 Å². The Kier molecular flexibility index (Phi) is 6.97. The predicted octanol–water partition coefficient (Wildman–Crippen LogP) is 3.23. The van der Waals surface area contributed by atoms with Crippen LogP contribution in [0.2, 0.25) is 5.02 Å². The van der Waals surface area contributed by atoms with E-state index in [-0.39, 0.29) is 18.9 Å². The molecule has 0 unspecified atom stereocenters. The molecule has 0 atom stereocenters. The average Bonchev–Trinajstić information content (AvgIpc) is 2.65. The summed E-state index contributed by atoms with van der Waals surface area (Å²) in [6.45, 7) is 0.283. The van der Waals surface area contributed by atoms with Crippen LogP contribution in [0.15, 0.2) is 30.3 Å². The van der Waals surface area contributed by atoms with Crippen molar-refractivity contribution in [3.63, 3.8) is 0 Å². The van der Waals surface area contributed by atoms with Gasteiger partial charge in [0.05, 0.1) is 34.9 Å². The minimum absolute atomic E-state index is 0.152. The van der Waals surface area contributed by atoms with Gasteiger partial charge in [-0.05, 0) is 24.3 Å². The number of benzene rings is 2. The van der Waals surface area contributed by atoms with Crippen LogP contribution in [0.25, 0.3) is 0 Å². The summed E-state index contributed by atoms with van der Waals surface area (Å²) in [4.78, 5) is 12.3. The van der Waals surface area contributed by atoms with Gasteiger partial charge >= 0.3 is 0 Å². The number of hydrogen-bond donors (Lipinski definition) is 1. The van der Waals surface area contributed by atoms with Gasteiger partial charge in [0, 0.05) is 28.8 Å². The Labute approximate surface area is 158 Å². The number of ether oxygens (including phenoxy) is 4. The molecule has 6 nitrogen and oxygen atoms in total. The van der Waals surface area contributed by atoms with Crippen molar-refractivity contribution in [1.29, 1.82) is 0 Å². The number of amides is 1. The Morgan fingerprint density at radius 2 is 1.46 bits per heavy atom. The van der Waals surface area contributed by atoms with E-state index >= 15 is 0 Å². The van der Waals surface area contributed by atoms with Gasteiger partial charge in [-0.1, -0.05) is 11.6 Å². The number of halogens is 1. The molecule has 140 valence electrons. The lowest BCUT2D eigenvalue weighted by molar-refractivity contribution is -0.120. The van der Waals surface area contributed by atoms with Gasteiger partial charge in [0.25, 0.3) is 0 Å². The summed E-state index contributed by atoms with van der Waals surface area (Å²) in [5.41, 5.74) is 1.49. The third-order valence-electron chi connectivity index (χ3n) is 3.86. The van der Waals surface area contributed by atoms with Crippen molar-refractivity contribution in [2.24, 2.45) is 0 Å². The van der Waals surface area contributed by atoms with Crippen molar-refractivity contribution in [2.45, 2.75) is 13.0 Å². The zero-order valence-corrected chi connectivity index (χ0v) is 16.0. The molecule has 26 heavy (non-hydrogen) atoms. The summed E-state index contributed by atoms with van der Waals surface area (Å²) >= 11 is 6.00. The number of carbonyl (C=O) groups excluding carboxylic acids is 1. The second-order valence-corrected chi connectivity index (χ2v) is 5.87. The Morgan fingerprint density at radius 1 is 0.846 bits per heavy atom. The average molecular weight is 380 g/mol. The maximum Gasteiger partial charge on any atom is 0.224 e. The molecular formula is C19H22ClNO5. The van der Waals surface area contributed by atoms with Crippen LogP contribution >= 0.6 is 11.6 Å². The molecule has 0 bridgehead atoms. The minimum atomic E-state index is -0.164. The molecule has 0 saturated carbocycles. The Hall–Kier alpha value is -2.60. The van der Waals surface area contributed by atoms with Crippen LogP contribution in [-0.2, 0) is 17.8 Å². The van der Waals surface area contributed by atoms with Gasteiger partial charge in [0.1, 0.15) is 11.5 Å². The smallest absolute Gasteiger partial charge is 0.224 e. The molecule has 0 aliphatic heterocycles. The largest absolute Gasteiger partial charge is 0.496 e. The van der Waals surface area contributed by atoms with E-state index in [2.05, 4.69) is 5.32 Å². The van der Waals surface area contributed by atoms with E-state index in [4.69, 9.17) is 30.5 Å². The molecular weight excluding hydrogens is 358 g/mol. The molecule has 0 spiro atoms. The van der Waals surface area contributed by atoms with Crippen LogP contribution in [0.3, 0.4) is 0 Å². The number of methoxy groups -OCH3 is 4. The van der Waals surface area contributed by atoms with E-state index in [9.17, 15) is 4.79 Å². The van der Waals surface area contributed by atoms with Gasteiger partial charge in [-0.2, -0.15) is 0 Å². The number of nitrogens with one attached hydrogen (secondary N) is 1. The molecule has 0 aromatic heterocycles. The van der Waals surface area contributed by atoms with Crippen LogP contribution in [0, 0.1) is 0 Å². The molecule has 0 aliphatic rings. The molecule has 0 radical (unpaired) electrons. The van der Waals surface area contributed by atoms with E-state index in [0.717, 1.165) is 11.1 Å². The third kappa shape index (κ3) is 4.73. The first-order chi connectivity index (χ1) is 12.5. The zero-order chi connectivity index (χ0) is 19.1. The van der Waals surface area contributed by atoms with Gasteiger partial charge in [0.2, 0.25) is 5.91 Å². The van der Waals surface area contributed by atoms with E-state index in [0.29, 0.717) is 28.0 Å². The summed E-state index contributed by atoms with van der Waals surface area (Å²) in [6, 6.07) is 8.67. The SMILES string of the molecule is COc1cc(OC)c(OC)cc1CNC(=O)Cc1cc(Cl)ccc1OC. The van der Waals surface area contributed by atoms with Gasteiger partial charge in [-0.15, -0.1) is 0 Å². The first-order valence-electron chi connectivity index (χ1n) is 7.90. The van der Waals surface area contributed by atoms with E-state index in [1.807, 2.05) is 0 Å². The van der Waals surface area contributed by atoms with Crippen LogP contribution in [0.5, 0.6) is 23.0 Å². The second-order valence-electron chi connectivity index (χ2n) is 5.43. The van der Waals surface area contributed by atoms with Gasteiger partial charge in [-0.3, -0.25) is 4.79 Å². The van der Waals surface area contributed by atoms with Gasteiger partial charge < -0.3 is 24.3 Å². The molecule has 0 saturated heterocycles. The van der Waals surface area contributed by atoms with Crippen molar-refractivity contribution >= 4 is 17.5 Å². The van der Waals surface area contributed by atoms with Crippen LogP contribution < -0.4 is 24.3 Å². The molecule has 2 aromatic rings. The normalized spacial score (nSPS) is 10.2. The topological polar surface area (TPSA) is 66.0 Å². The zero-order valence-electron chi connectivity index (χ0n) is 15.2. The fourth-order valence-corrected chi connectivity index (χ4v) is 2.74. The molecule has 1 amide bonds. The first kappa shape index (κ1) is 19.7. The van der Waals surface area contributed by atoms with Crippen molar-refractivity contribution in [3.05, 3.63) is 46.5 Å². The van der Waals surface area contributed by atoms with Gasteiger partial charge in [-0.25, -0.2) is 0 Å². The lowest BCUT2D eigenvalue weighted by atomic mass is 10.1. The summed E-state index contributed by atoms with van der Waals surface area (Å²) in [5.74, 6) is 2.18. The van der Waals surface area contributed by atoms with Crippen molar-refractivity contribution in [2.75, 3.05) is 28.4 Å². The molecule has 2 rings (SSSR count). The fourth-order valence-electron chi connectivity index (χ4n) is 2.55. The predicted molar refractivity (Wildman–Crippen MR) is 99.7 cm³/mol. The molecule has 0 heterocycles. The molecule has 0 fully saturated rings. The van der Waals surface area contributed by atoms with Crippen molar-refractivity contribution in [3.8, 4) is 23.0 Å². The second kappa shape index (κ2) is 9.20. The number of hydrogen-bond acceptors (Lipinski definition) is 5. The summed E-state index contributed by atoms with van der Waals surface area (Å²) in [7, 11) is 6.22. The van der Waals surface area contributed by atoms with E-state index in [1.165, 1.54) is 0 Å². The minimum Gasteiger partial charge on any atom is -0.496 e. The Bertz CT molecular complexity index is 779. The third-order valence-corrected chi connectivity index (χ3v) is 4.09. The lowest BCUT2D eigenvalue weighted by Gasteiger charge is -2.15. The van der Waals surface area contributed by atoms with Crippen LogP contribution in [0.4, 0.5) is 0 Å². The first-order valence-corrected chi connectivity index (χ1v) is 8.28. The highest BCUT2D eigenvalue weighted by Crippen LogP contribution is 2.34. The number of rotatable bonds is 8. The van der Waals surface area contributed by atoms with E-state index < -0.39 is 0 Å². The highest BCUT2D eigenvalue weighted by Gasteiger charge is 2.14. The molecule has 7 heteroatoms. The van der Waals surface area contributed by atoms with E-state index in [1.54, 1.807) is 58.8 Å². The van der Waals surface area contributed by atoms with Crippen LogP contribution in [-0.4, -0.2) is 34.3 Å². The molecule has 0 aliphatic carbocycles. The highest BCUT2D eigenvalue weighted by atomic mass is 35.5. The molecule has 2 aromatic carbocycles. The van der Waals surface area contributed by atoms with Gasteiger partial charge in [0.15, 0.2) is 11.5 Å². The Morgan fingerprint density at radius 3 is 2.08 bits per heavy atom. The maximum atomic E-state index is 12.3.